The molecule has 1 heterocycles. The second-order valence-corrected chi connectivity index (χ2v) is 14.5. The number of aromatic nitrogens is 2. The average Bonchev–Trinajstić information content (AvgIpc) is 3.74. The molecule has 0 amide bonds. The Kier molecular flexibility index (Phi) is 7.11. The SMILES string of the molecule is c1ccc(-c2cc(-c3ccc(-c4cc5c(cc4-c4ccccc4)-c4ccccc4C54c5ccccc5-c5ccccc54)cc3)nc(-c3ccccc3)n2)cc1. The third kappa shape index (κ3) is 4.82. The summed E-state index contributed by atoms with van der Waals surface area (Å²) in [4.78, 5) is 10.1. The summed E-state index contributed by atoms with van der Waals surface area (Å²) in [6.07, 6.45) is 0. The Balaban J connectivity index is 1.12. The van der Waals surface area contributed by atoms with E-state index < -0.39 is 5.41 Å². The van der Waals surface area contributed by atoms with E-state index in [0.29, 0.717) is 5.82 Å². The van der Waals surface area contributed by atoms with Gasteiger partial charge in [0.15, 0.2) is 5.82 Å². The molecule has 55 heavy (non-hydrogen) atoms. The second-order valence-electron chi connectivity index (χ2n) is 14.5. The van der Waals surface area contributed by atoms with E-state index in [1.807, 2.05) is 24.3 Å². The van der Waals surface area contributed by atoms with Gasteiger partial charge in [-0.1, -0.05) is 188 Å². The molecule has 256 valence electrons. The number of rotatable bonds is 5. The maximum Gasteiger partial charge on any atom is 0.160 e. The van der Waals surface area contributed by atoms with E-state index >= 15 is 0 Å². The standard InChI is InChI=1S/C53H34N2/c1-4-16-35(17-5-1)43-32-45-42-24-12-15-27-48(42)53(46-25-13-10-22-40(46)41-23-11-14-26-47(41)53)49(45)33-44(43)36-28-30-38(31-29-36)51-34-50(37-18-6-2-7-19-37)54-52(55-51)39-20-8-3-9-21-39/h1-34H. The molecule has 0 radical (unpaired) electrons. The van der Waals surface area contributed by atoms with Gasteiger partial charge in [0.25, 0.3) is 0 Å². The van der Waals surface area contributed by atoms with Crippen molar-refractivity contribution in [2.24, 2.45) is 0 Å². The monoisotopic (exact) mass is 698 g/mol. The molecule has 0 bridgehead atoms. The largest absolute Gasteiger partial charge is 0.228 e. The maximum absolute atomic E-state index is 5.12. The molecule has 0 atom stereocenters. The quantitative estimate of drug-likeness (QED) is 0.179. The molecule has 0 unspecified atom stereocenters. The number of hydrogen-bond acceptors (Lipinski definition) is 2. The topological polar surface area (TPSA) is 25.8 Å². The van der Waals surface area contributed by atoms with Gasteiger partial charge in [-0.25, -0.2) is 9.97 Å². The molecule has 2 aliphatic rings. The predicted octanol–water partition coefficient (Wildman–Crippen LogP) is 13.2. The molecule has 0 saturated carbocycles. The van der Waals surface area contributed by atoms with E-state index in [0.717, 1.165) is 33.6 Å². The summed E-state index contributed by atoms with van der Waals surface area (Å²) in [7, 11) is 0. The van der Waals surface area contributed by atoms with Gasteiger partial charge in [0.2, 0.25) is 0 Å². The zero-order valence-corrected chi connectivity index (χ0v) is 30.0. The molecular weight excluding hydrogens is 665 g/mol. The smallest absolute Gasteiger partial charge is 0.160 e. The van der Waals surface area contributed by atoms with E-state index in [-0.39, 0.29) is 0 Å². The van der Waals surface area contributed by atoms with E-state index in [1.54, 1.807) is 0 Å². The average molecular weight is 699 g/mol. The highest BCUT2D eigenvalue weighted by atomic mass is 14.9. The summed E-state index contributed by atoms with van der Waals surface area (Å²) in [6.45, 7) is 0. The van der Waals surface area contributed by atoms with Crippen LogP contribution in [0.4, 0.5) is 0 Å². The number of fused-ring (bicyclic) bond motifs is 10. The molecule has 8 aromatic carbocycles. The van der Waals surface area contributed by atoms with Gasteiger partial charge in [0, 0.05) is 16.7 Å². The van der Waals surface area contributed by atoms with Crippen LogP contribution >= 0.6 is 0 Å². The van der Waals surface area contributed by atoms with Gasteiger partial charge in [0.05, 0.1) is 16.8 Å². The third-order valence-electron chi connectivity index (χ3n) is 11.5. The van der Waals surface area contributed by atoms with Crippen LogP contribution in [0.25, 0.3) is 78.4 Å². The minimum atomic E-state index is -0.411. The molecule has 9 aromatic rings. The lowest BCUT2D eigenvalue weighted by Crippen LogP contribution is -2.25. The van der Waals surface area contributed by atoms with E-state index in [9.17, 15) is 0 Å². The molecule has 1 aromatic heterocycles. The lowest BCUT2D eigenvalue weighted by atomic mass is 9.70. The van der Waals surface area contributed by atoms with Crippen LogP contribution in [0, 0.1) is 0 Å². The zero-order valence-electron chi connectivity index (χ0n) is 30.0. The van der Waals surface area contributed by atoms with Crippen molar-refractivity contribution >= 4 is 0 Å². The van der Waals surface area contributed by atoms with Crippen LogP contribution < -0.4 is 0 Å². The molecule has 2 heteroatoms. The lowest BCUT2D eigenvalue weighted by molar-refractivity contribution is 0.794. The molecule has 0 fully saturated rings. The number of benzene rings is 8. The first kappa shape index (κ1) is 31.4. The summed E-state index contributed by atoms with van der Waals surface area (Å²) >= 11 is 0. The maximum atomic E-state index is 5.12. The molecule has 11 rings (SSSR count). The Morgan fingerprint density at radius 1 is 0.255 bits per heavy atom. The highest BCUT2D eigenvalue weighted by molar-refractivity contribution is 5.99. The normalized spacial score (nSPS) is 12.9. The van der Waals surface area contributed by atoms with Crippen LogP contribution in [-0.2, 0) is 5.41 Å². The minimum absolute atomic E-state index is 0.411. The van der Waals surface area contributed by atoms with Crippen LogP contribution in [0.1, 0.15) is 22.3 Å². The lowest BCUT2D eigenvalue weighted by Gasteiger charge is -2.31. The fourth-order valence-electron chi connectivity index (χ4n) is 9.12. The van der Waals surface area contributed by atoms with E-state index in [2.05, 4.69) is 182 Å². The summed E-state index contributed by atoms with van der Waals surface area (Å²) in [5.41, 5.74) is 19.9. The molecule has 1 spiro atoms. The van der Waals surface area contributed by atoms with Crippen molar-refractivity contribution in [3.8, 4) is 78.4 Å². The van der Waals surface area contributed by atoms with Gasteiger partial charge in [-0.2, -0.15) is 0 Å². The number of hydrogen-bond donors (Lipinski definition) is 0. The molecule has 0 saturated heterocycles. The van der Waals surface area contributed by atoms with Crippen molar-refractivity contribution in [1.29, 1.82) is 0 Å². The molecule has 2 nitrogen and oxygen atoms in total. The Hall–Kier alpha value is -7.16. The highest BCUT2D eigenvalue weighted by Crippen LogP contribution is 2.63. The van der Waals surface area contributed by atoms with Gasteiger partial charge in [-0.3, -0.25) is 0 Å². The molecular formula is C53H34N2. The molecule has 0 N–H and O–H groups in total. The fourth-order valence-corrected chi connectivity index (χ4v) is 9.12. The van der Waals surface area contributed by atoms with Crippen molar-refractivity contribution < 1.29 is 0 Å². The minimum Gasteiger partial charge on any atom is -0.228 e. The van der Waals surface area contributed by atoms with Crippen LogP contribution in [0.2, 0.25) is 0 Å². The van der Waals surface area contributed by atoms with Crippen molar-refractivity contribution in [2.45, 2.75) is 5.41 Å². The second kappa shape index (κ2) is 12.5. The first-order valence-electron chi connectivity index (χ1n) is 18.9. The van der Waals surface area contributed by atoms with E-state index in [1.165, 1.54) is 61.2 Å². The summed E-state index contributed by atoms with van der Waals surface area (Å²) in [5, 5.41) is 0. The van der Waals surface area contributed by atoms with Crippen LogP contribution in [0.15, 0.2) is 206 Å². The van der Waals surface area contributed by atoms with Crippen molar-refractivity contribution in [2.75, 3.05) is 0 Å². The summed E-state index contributed by atoms with van der Waals surface area (Å²) < 4.78 is 0. The van der Waals surface area contributed by atoms with Crippen LogP contribution in [-0.4, -0.2) is 9.97 Å². The van der Waals surface area contributed by atoms with Crippen LogP contribution in [0.5, 0.6) is 0 Å². The first-order chi connectivity index (χ1) is 27.3. The van der Waals surface area contributed by atoms with Gasteiger partial charge < -0.3 is 0 Å². The zero-order chi connectivity index (χ0) is 36.3. The Morgan fingerprint density at radius 2 is 0.636 bits per heavy atom. The van der Waals surface area contributed by atoms with Gasteiger partial charge in [0.1, 0.15) is 0 Å². The highest BCUT2D eigenvalue weighted by Gasteiger charge is 2.51. The van der Waals surface area contributed by atoms with Gasteiger partial charge in [-0.05, 0) is 85.0 Å². The first-order valence-corrected chi connectivity index (χ1v) is 18.9. The van der Waals surface area contributed by atoms with Gasteiger partial charge in [-0.15, -0.1) is 0 Å². The van der Waals surface area contributed by atoms with Crippen molar-refractivity contribution in [3.63, 3.8) is 0 Å². The summed E-state index contributed by atoms with van der Waals surface area (Å²) in [5.74, 6) is 0.716. The Morgan fingerprint density at radius 3 is 1.18 bits per heavy atom. The molecule has 2 aliphatic carbocycles. The van der Waals surface area contributed by atoms with Crippen LogP contribution in [0.3, 0.4) is 0 Å². The third-order valence-corrected chi connectivity index (χ3v) is 11.5. The number of nitrogens with zero attached hydrogens (tertiary/aromatic N) is 2. The predicted molar refractivity (Wildman–Crippen MR) is 226 cm³/mol. The summed E-state index contributed by atoms with van der Waals surface area (Å²) in [6, 6.07) is 74.5. The Labute approximate surface area is 321 Å². The van der Waals surface area contributed by atoms with Crippen molar-refractivity contribution in [1.82, 2.24) is 9.97 Å². The van der Waals surface area contributed by atoms with Crippen molar-refractivity contribution in [3.05, 3.63) is 229 Å². The van der Waals surface area contributed by atoms with E-state index in [4.69, 9.17) is 9.97 Å². The molecule has 0 aliphatic heterocycles. The fraction of sp³-hybridized carbons (Fsp3) is 0.0189. The van der Waals surface area contributed by atoms with Gasteiger partial charge >= 0.3 is 0 Å². The Bertz CT molecular complexity index is 2790.